The monoisotopic (exact) mass is 385 g/mol. The van der Waals surface area contributed by atoms with Crippen LogP contribution in [0.5, 0.6) is 0 Å². The van der Waals surface area contributed by atoms with Gasteiger partial charge >= 0.3 is 0 Å². The standard InChI is InChI=1S/C21H31N5O2/c1-4-7-28-18-11-15(5-6-17(18)22)21-24-20(12-19(23)27)25-26(21)16-9-13(2)8-14(3)10-16/h8-10,15,17-18H,4-7,11-12,22H2,1-3H3,(H2,23,27)/t15-,17-,18-/m0/s1. The van der Waals surface area contributed by atoms with Crippen molar-refractivity contribution in [2.45, 2.75) is 70.9 Å². The molecule has 0 unspecified atom stereocenters. The van der Waals surface area contributed by atoms with E-state index in [2.05, 4.69) is 44.1 Å². The molecule has 3 atom stereocenters. The second kappa shape index (κ2) is 8.84. The number of ether oxygens (including phenoxy) is 1. The minimum Gasteiger partial charge on any atom is -0.377 e. The maximum Gasteiger partial charge on any atom is 0.225 e. The normalized spacial score (nSPS) is 22.4. The van der Waals surface area contributed by atoms with Crippen LogP contribution in [0.2, 0.25) is 0 Å². The molecule has 1 saturated carbocycles. The summed E-state index contributed by atoms with van der Waals surface area (Å²) >= 11 is 0. The fraction of sp³-hybridized carbons (Fsp3) is 0.571. The van der Waals surface area contributed by atoms with Crippen molar-refractivity contribution in [2.24, 2.45) is 11.5 Å². The molecule has 0 saturated heterocycles. The van der Waals surface area contributed by atoms with E-state index < -0.39 is 5.91 Å². The molecule has 1 aromatic carbocycles. The Morgan fingerprint density at radius 2 is 1.96 bits per heavy atom. The van der Waals surface area contributed by atoms with Gasteiger partial charge in [0.25, 0.3) is 0 Å². The molecule has 2 aromatic rings. The first kappa shape index (κ1) is 20.5. The van der Waals surface area contributed by atoms with Crippen molar-refractivity contribution in [2.75, 3.05) is 6.61 Å². The predicted molar refractivity (Wildman–Crippen MR) is 108 cm³/mol. The number of primary amides is 1. The number of aryl methyl sites for hydroxylation is 2. The van der Waals surface area contributed by atoms with Crippen molar-refractivity contribution in [1.29, 1.82) is 0 Å². The van der Waals surface area contributed by atoms with Crippen molar-refractivity contribution in [3.05, 3.63) is 41.0 Å². The number of aromatic nitrogens is 3. The lowest BCUT2D eigenvalue weighted by atomic mass is 9.83. The van der Waals surface area contributed by atoms with Gasteiger partial charge in [-0.25, -0.2) is 9.67 Å². The lowest BCUT2D eigenvalue weighted by Crippen LogP contribution is -2.42. The Kier molecular flexibility index (Phi) is 6.46. The first-order chi connectivity index (χ1) is 13.4. The second-order valence-corrected chi connectivity index (χ2v) is 7.87. The molecule has 0 bridgehead atoms. The average molecular weight is 386 g/mol. The van der Waals surface area contributed by atoms with Gasteiger partial charge in [-0.05, 0) is 62.8 Å². The van der Waals surface area contributed by atoms with Gasteiger partial charge in [0.1, 0.15) is 5.82 Å². The zero-order valence-electron chi connectivity index (χ0n) is 17.0. The Labute approximate surface area is 166 Å². The summed E-state index contributed by atoms with van der Waals surface area (Å²) in [5, 5.41) is 4.62. The SMILES string of the molecule is CCCO[C@H]1C[C@@H](c2nc(CC(N)=O)nn2-c2cc(C)cc(C)c2)CC[C@@H]1N. The fourth-order valence-electron chi connectivity index (χ4n) is 3.97. The molecule has 0 radical (unpaired) electrons. The lowest BCUT2D eigenvalue weighted by molar-refractivity contribution is -0.117. The molecule has 28 heavy (non-hydrogen) atoms. The zero-order chi connectivity index (χ0) is 20.3. The molecular formula is C21H31N5O2. The predicted octanol–water partition coefficient (Wildman–Crippen LogP) is 2.30. The summed E-state index contributed by atoms with van der Waals surface area (Å²) in [6.07, 6.45) is 3.63. The van der Waals surface area contributed by atoms with Crippen molar-refractivity contribution >= 4 is 5.91 Å². The zero-order valence-corrected chi connectivity index (χ0v) is 17.0. The highest BCUT2D eigenvalue weighted by atomic mass is 16.5. The van der Waals surface area contributed by atoms with Gasteiger partial charge in [-0.2, -0.15) is 5.10 Å². The number of carbonyl (C=O) groups is 1. The molecule has 7 heteroatoms. The van der Waals surface area contributed by atoms with Gasteiger partial charge in [0.05, 0.1) is 18.2 Å². The summed E-state index contributed by atoms with van der Waals surface area (Å²) in [7, 11) is 0. The molecule has 7 nitrogen and oxygen atoms in total. The van der Waals surface area contributed by atoms with Crippen LogP contribution in [-0.4, -0.2) is 39.4 Å². The van der Waals surface area contributed by atoms with E-state index in [0.29, 0.717) is 12.4 Å². The number of amides is 1. The third-order valence-electron chi connectivity index (χ3n) is 5.20. The maximum absolute atomic E-state index is 11.4. The summed E-state index contributed by atoms with van der Waals surface area (Å²) in [6.45, 7) is 6.93. The van der Waals surface area contributed by atoms with Crippen molar-refractivity contribution < 1.29 is 9.53 Å². The van der Waals surface area contributed by atoms with Crippen LogP contribution in [0.1, 0.15) is 61.3 Å². The summed E-state index contributed by atoms with van der Waals surface area (Å²) in [6, 6.07) is 6.33. The number of hydrogen-bond donors (Lipinski definition) is 2. The highest BCUT2D eigenvalue weighted by Gasteiger charge is 2.33. The van der Waals surface area contributed by atoms with Gasteiger partial charge in [0, 0.05) is 18.6 Å². The van der Waals surface area contributed by atoms with Crippen molar-refractivity contribution in [3.63, 3.8) is 0 Å². The Bertz CT molecular complexity index is 812. The largest absolute Gasteiger partial charge is 0.377 e. The van der Waals surface area contributed by atoms with Crippen LogP contribution >= 0.6 is 0 Å². The second-order valence-electron chi connectivity index (χ2n) is 7.87. The Hall–Kier alpha value is -2.25. The van der Waals surface area contributed by atoms with Gasteiger partial charge in [-0.15, -0.1) is 0 Å². The van der Waals surface area contributed by atoms with E-state index in [9.17, 15) is 4.79 Å². The van der Waals surface area contributed by atoms with Crippen molar-refractivity contribution in [1.82, 2.24) is 14.8 Å². The lowest BCUT2D eigenvalue weighted by Gasteiger charge is -2.33. The van der Waals surface area contributed by atoms with Gasteiger partial charge in [0.2, 0.25) is 5.91 Å². The summed E-state index contributed by atoms with van der Waals surface area (Å²) in [4.78, 5) is 16.1. The van der Waals surface area contributed by atoms with Crippen LogP contribution in [-0.2, 0) is 16.0 Å². The van der Waals surface area contributed by atoms with Crippen LogP contribution in [0.15, 0.2) is 18.2 Å². The average Bonchev–Trinajstić information content (AvgIpc) is 3.03. The molecule has 152 valence electrons. The van der Waals surface area contributed by atoms with Crippen LogP contribution in [0.25, 0.3) is 5.69 Å². The molecule has 3 rings (SSSR count). The molecular weight excluding hydrogens is 354 g/mol. The number of nitrogens with zero attached hydrogens (tertiary/aromatic N) is 3. The fourth-order valence-corrected chi connectivity index (χ4v) is 3.97. The van der Waals surface area contributed by atoms with E-state index in [1.54, 1.807) is 0 Å². The smallest absolute Gasteiger partial charge is 0.225 e. The van der Waals surface area contributed by atoms with Crippen LogP contribution in [0.3, 0.4) is 0 Å². The van der Waals surface area contributed by atoms with E-state index in [0.717, 1.165) is 48.3 Å². The van der Waals surface area contributed by atoms with Gasteiger partial charge in [0.15, 0.2) is 5.82 Å². The van der Waals surface area contributed by atoms with Gasteiger partial charge in [-0.3, -0.25) is 4.79 Å². The van der Waals surface area contributed by atoms with Gasteiger partial charge < -0.3 is 16.2 Å². The van der Waals surface area contributed by atoms with Crippen molar-refractivity contribution in [3.8, 4) is 5.69 Å². The molecule has 1 heterocycles. The maximum atomic E-state index is 11.4. The molecule has 1 fully saturated rings. The summed E-state index contributed by atoms with van der Waals surface area (Å²) < 4.78 is 7.87. The number of carbonyl (C=O) groups excluding carboxylic acids is 1. The van der Waals surface area contributed by atoms with Crippen LogP contribution in [0.4, 0.5) is 0 Å². The van der Waals surface area contributed by atoms with Gasteiger partial charge in [-0.1, -0.05) is 13.0 Å². The summed E-state index contributed by atoms with van der Waals surface area (Å²) in [5.74, 6) is 1.07. The summed E-state index contributed by atoms with van der Waals surface area (Å²) in [5.41, 5.74) is 14.9. The molecule has 1 aliphatic carbocycles. The first-order valence-corrected chi connectivity index (χ1v) is 10.1. The minimum absolute atomic E-state index is 0.0164. The third kappa shape index (κ3) is 4.77. The first-order valence-electron chi connectivity index (χ1n) is 10.1. The van der Waals surface area contributed by atoms with E-state index in [4.69, 9.17) is 21.2 Å². The third-order valence-corrected chi connectivity index (χ3v) is 5.20. The molecule has 0 spiro atoms. The molecule has 4 N–H and O–H groups in total. The van der Waals surface area contributed by atoms with Crippen LogP contribution in [0, 0.1) is 13.8 Å². The molecule has 1 amide bonds. The highest BCUT2D eigenvalue weighted by Crippen LogP contribution is 2.34. The Balaban J connectivity index is 1.96. The number of nitrogens with two attached hydrogens (primary N) is 2. The molecule has 1 aliphatic rings. The topological polar surface area (TPSA) is 109 Å². The van der Waals surface area contributed by atoms with E-state index in [1.807, 2.05) is 4.68 Å². The number of rotatable bonds is 7. The number of hydrogen-bond acceptors (Lipinski definition) is 5. The Morgan fingerprint density at radius 3 is 2.61 bits per heavy atom. The minimum atomic E-state index is -0.432. The van der Waals surface area contributed by atoms with E-state index >= 15 is 0 Å². The van der Waals surface area contributed by atoms with Crippen LogP contribution < -0.4 is 11.5 Å². The molecule has 0 aliphatic heterocycles. The van der Waals surface area contributed by atoms with E-state index in [-0.39, 0.29) is 24.5 Å². The number of benzene rings is 1. The highest BCUT2D eigenvalue weighted by molar-refractivity contribution is 5.75. The molecule has 1 aromatic heterocycles. The van der Waals surface area contributed by atoms with E-state index in [1.165, 1.54) is 0 Å². The quantitative estimate of drug-likeness (QED) is 0.760. The Morgan fingerprint density at radius 1 is 1.25 bits per heavy atom.